The highest BCUT2D eigenvalue weighted by atomic mass is 16.4. The Morgan fingerprint density at radius 2 is 2.15 bits per heavy atom. The quantitative estimate of drug-likeness (QED) is 0.500. The van der Waals surface area contributed by atoms with Gasteiger partial charge in [-0.1, -0.05) is 5.21 Å². The molecule has 2 atom stereocenters. The summed E-state index contributed by atoms with van der Waals surface area (Å²) < 4.78 is 1.22. The molecule has 1 aromatic rings. The number of aromatic nitrogens is 3. The first-order valence-corrected chi connectivity index (χ1v) is 5.76. The number of nitrogens with one attached hydrogen (secondary N) is 2. The van der Waals surface area contributed by atoms with E-state index in [4.69, 9.17) is 10.8 Å². The fourth-order valence-electron chi connectivity index (χ4n) is 1.31. The molecule has 10 nitrogen and oxygen atoms in total. The number of amides is 3. The number of carbonyl (C=O) groups is 3. The van der Waals surface area contributed by atoms with E-state index in [9.17, 15) is 14.4 Å². The topological polar surface area (TPSA) is 152 Å². The van der Waals surface area contributed by atoms with Crippen molar-refractivity contribution in [3.8, 4) is 0 Å². The second kappa shape index (κ2) is 6.61. The summed E-state index contributed by atoms with van der Waals surface area (Å²) in [7, 11) is 1.38. The molecule has 110 valence electrons. The first-order chi connectivity index (χ1) is 9.35. The average molecular weight is 284 g/mol. The van der Waals surface area contributed by atoms with Crippen LogP contribution in [0.4, 0.5) is 4.79 Å². The predicted octanol–water partition coefficient (Wildman–Crippen LogP) is -1.75. The number of aliphatic carboxylic acids is 1. The zero-order valence-electron chi connectivity index (χ0n) is 11.0. The molecule has 10 heteroatoms. The molecule has 0 fully saturated rings. The minimum absolute atomic E-state index is 0.000875. The van der Waals surface area contributed by atoms with Gasteiger partial charge < -0.3 is 16.2 Å². The largest absolute Gasteiger partial charge is 0.480 e. The van der Waals surface area contributed by atoms with E-state index in [1.54, 1.807) is 0 Å². The zero-order valence-corrected chi connectivity index (χ0v) is 11.0. The van der Waals surface area contributed by atoms with Gasteiger partial charge in [0, 0.05) is 19.7 Å². The van der Waals surface area contributed by atoms with Crippen LogP contribution in [-0.2, 0) is 16.0 Å². The number of nitrogens with zero attached hydrogens (tertiary/aromatic N) is 3. The Labute approximate surface area is 114 Å². The fraction of sp³-hybridized carbons (Fsp3) is 0.500. The van der Waals surface area contributed by atoms with Crippen molar-refractivity contribution >= 4 is 17.9 Å². The third-order valence-corrected chi connectivity index (χ3v) is 2.54. The van der Waals surface area contributed by atoms with Crippen LogP contribution in [0.15, 0.2) is 6.20 Å². The minimum Gasteiger partial charge on any atom is -0.480 e. The van der Waals surface area contributed by atoms with Crippen LogP contribution in [0.1, 0.15) is 18.7 Å². The molecule has 5 N–H and O–H groups in total. The van der Waals surface area contributed by atoms with E-state index in [2.05, 4.69) is 20.9 Å². The zero-order chi connectivity index (χ0) is 15.3. The molecule has 20 heavy (non-hydrogen) atoms. The van der Waals surface area contributed by atoms with Crippen LogP contribution < -0.4 is 16.4 Å². The van der Waals surface area contributed by atoms with Gasteiger partial charge in [-0.05, 0) is 6.92 Å². The smallest absolute Gasteiger partial charge is 0.321 e. The standard InChI is InChI=1S/C10H16N6O4/c1-5(8(17)13-10(20)12-2)16-4-6(14-15-16)3-7(11)9(18)19/h4-5,7H,3,11H2,1-2H3,(H,18,19)(H2,12,13,17,20). The number of rotatable bonds is 5. The first-order valence-electron chi connectivity index (χ1n) is 5.76. The van der Waals surface area contributed by atoms with Crippen molar-refractivity contribution in [3.63, 3.8) is 0 Å². The third-order valence-electron chi connectivity index (χ3n) is 2.54. The number of hydrogen-bond acceptors (Lipinski definition) is 6. The van der Waals surface area contributed by atoms with Crippen LogP contribution in [0.25, 0.3) is 0 Å². The molecule has 3 amide bonds. The van der Waals surface area contributed by atoms with Gasteiger partial charge in [0.05, 0.1) is 5.69 Å². The maximum absolute atomic E-state index is 11.7. The van der Waals surface area contributed by atoms with Gasteiger partial charge in [0.25, 0.3) is 5.91 Å². The summed E-state index contributed by atoms with van der Waals surface area (Å²) in [6, 6.07) is -2.49. The minimum atomic E-state index is -1.15. The number of imide groups is 1. The normalized spacial score (nSPS) is 13.3. The molecule has 0 aliphatic rings. The number of hydrogen-bond donors (Lipinski definition) is 4. The summed E-state index contributed by atoms with van der Waals surface area (Å²) in [6.07, 6.45) is 1.41. The van der Waals surface area contributed by atoms with Gasteiger partial charge in [-0.3, -0.25) is 14.9 Å². The lowest BCUT2D eigenvalue weighted by molar-refractivity contribution is -0.138. The Morgan fingerprint density at radius 3 is 2.70 bits per heavy atom. The van der Waals surface area contributed by atoms with Gasteiger partial charge in [0.15, 0.2) is 0 Å². The van der Waals surface area contributed by atoms with Crippen molar-refractivity contribution in [2.24, 2.45) is 5.73 Å². The highest BCUT2D eigenvalue weighted by molar-refractivity contribution is 5.95. The van der Waals surface area contributed by atoms with Gasteiger partial charge in [0.2, 0.25) is 0 Å². The lowest BCUT2D eigenvalue weighted by Crippen LogP contribution is -2.41. The van der Waals surface area contributed by atoms with Crippen LogP contribution in [-0.4, -0.2) is 51.1 Å². The lowest BCUT2D eigenvalue weighted by atomic mass is 10.2. The summed E-state index contributed by atoms with van der Waals surface area (Å²) in [5.41, 5.74) is 5.72. The highest BCUT2D eigenvalue weighted by Crippen LogP contribution is 2.06. The van der Waals surface area contributed by atoms with E-state index in [0.29, 0.717) is 5.69 Å². The summed E-state index contributed by atoms with van der Waals surface area (Å²) in [5.74, 6) is -1.71. The molecule has 0 aromatic carbocycles. The molecule has 1 rings (SSSR count). The molecule has 0 saturated carbocycles. The van der Waals surface area contributed by atoms with E-state index in [1.165, 1.54) is 24.9 Å². The molecular weight excluding hydrogens is 268 g/mol. The highest BCUT2D eigenvalue weighted by Gasteiger charge is 2.20. The van der Waals surface area contributed by atoms with Crippen molar-refractivity contribution in [1.29, 1.82) is 0 Å². The summed E-state index contributed by atoms with van der Waals surface area (Å²) in [6.45, 7) is 1.52. The van der Waals surface area contributed by atoms with Gasteiger partial charge in [-0.25, -0.2) is 9.48 Å². The lowest BCUT2D eigenvalue weighted by Gasteiger charge is -2.10. The Bertz CT molecular complexity index is 514. The molecule has 0 aliphatic carbocycles. The van der Waals surface area contributed by atoms with Crippen LogP contribution in [0.2, 0.25) is 0 Å². The van der Waals surface area contributed by atoms with E-state index >= 15 is 0 Å². The fourth-order valence-corrected chi connectivity index (χ4v) is 1.31. The predicted molar refractivity (Wildman–Crippen MR) is 66.6 cm³/mol. The van der Waals surface area contributed by atoms with E-state index in [-0.39, 0.29) is 6.42 Å². The molecular formula is C10H16N6O4. The van der Waals surface area contributed by atoms with Crippen LogP contribution in [0, 0.1) is 0 Å². The summed E-state index contributed by atoms with van der Waals surface area (Å²) in [4.78, 5) is 33.3. The maximum atomic E-state index is 11.7. The maximum Gasteiger partial charge on any atom is 0.321 e. The molecule has 0 spiro atoms. The van der Waals surface area contributed by atoms with Crippen molar-refractivity contribution in [3.05, 3.63) is 11.9 Å². The first kappa shape index (κ1) is 15.6. The SMILES string of the molecule is CNC(=O)NC(=O)C(C)n1cc(CC(N)C(=O)O)nn1. The van der Waals surface area contributed by atoms with Crippen molar-refractivity contribution in [1.82, 2.24) is 25.6 Å². The van der Waals surface area contributed by atoms with Crippen LogP contribution >= 0.6 is 0 Å². The molecule has 0 aliphatic heterocycles. The van der Waals surface area contributed by atoms with Crippen LogP contribution in [0.3, 0.4) is 0 Å². The molecule has 0 saturated heterocycles. The van der Waals surface area contributed by atoms with Crippen molar-refractivity contribution in [2.75, 3.05) is 7.05 Å². The van der Waals surface area contributed by atoms with E-state index < -0.39 is 30.0 Å². The number of carboxylic acid groups (broad SMARTS) is 1. The number of urea groups is 1. The molecule has 1 aromatic heterocycles. The monoisotopic (exact) mass is 284 g/mol. The van der Waals surface area contributed by atoms with Crippen LogP contribution in [0.5, 0.6) is 0 Å². The average Bonchev–Trinajstić information content (AvgIpc) is 2.85. The van der Waals surface area contributed by atoms with Crippen molar-refractivity contribution < 1.29 is 19.5 Å². The van der Waals surface area contributed by atoms with Crippen molar-refractivity contribution in [2.45, 2.75) is 25.4 Å². The van der Waals surface area contributed by atoms with E-state index in [0.717, 1.165) is 0 Å². The molecule has 2 unspecified atom stereocenters. The van der Waals surface area contributed by atoms with Gasteiger partial charge in [0.1, 0.15) is 12.1 Å². The summed E-state index contributed by atoms with van der Waals surface area (Å²) >= 11 is 0. The van der Waals surface area contributed by atoms with Gasteiger partial charge >= 0.3 is 12.0 Å². The van der Waals surface area contributed by atoms with E-state index in [1.807, 2.05) is 0 Å². The number of nitrogens with two attached hydrogens (primary N) is 1. The second-order valence-corrected chi connectivity index (χ2v) is 4.08. The Balaban J connectivity index is 2.68. The third kappa shape index (κ3) is 4.02. The molecule has 1 heterocycles. The Kier molecular flexibility index (Phi) is 5.15. The second-order valence-electron chi connectivity index (χ2n) is 4.08. The van der Waals surface area contributed by atoms with Gasteiger partial charge in [-0.2, -0.15) is 0 Å². The Morgan fingerprint density at radius 1 is 1.50 bits per heavy atom. The summed E-state index contributed by atoms with van der Waals surface area (Å²) in [5, 5.41) is 20.5. The molecule has 0 bridgehead atoms. The number of carboxylic acids is 1. The molecule has 0 radical (unpaired) electrons. The number of carbonyl (C=O) groups excluding carboxylic acids is 2. The Hall–Kier alpha value is -2.49. The van der Waals surface area contributed by atoms with Gasteiger partial charge in [-0.15, -0.1) is 5.10 Å².